The Bertz CT molecular complexity index is 476. The Balaban J connectivity index is 2.15. The molecule has 2 aromatic heterocycles. The molecule has 0 N–H and O–H groups in total. The number of pyridine rings is 1. The van der Waals surface area contributed by atoms with Crippen LogP contribution in [-0.2, 0) is 12.8 Å². The van der Waals surface area contributed by atoms with Gasteiger partial charge in [0.1, 0.15) is 0 Å². The Morgan fingerprint density at radius 1 is 1.44 bits per heavy atom. The first-order chi connectivity index (χ1) is 7.81. The van der Waals surface area contributed by atoms with E-state index in [1.165, 1.54) is 11.3 Å². The fourth-order valence-corrected chi connectivity index (χ4v) is 2.56. The molecule has 0 radical (unpaired) electrons. The van der Waals surface area contributed by atoms with Crippen LogP contribution >= 0.6 is 11.3 Å². The molecular formula is C13H13NOS. The van der Waals surface area contributed by atoms with Crippen molar-refractivity contribution in [1.29, 1.82) is 0 Å². The third-order valence-corrected chi connectivity index (χ3v) is 3.47. The summed E-state index contributed by atoms with van der Waals surface area (Å²) in [5.41, 5.74) is 2.13. The van der Waals surface area contributed by atoms with Gasteiger partial charge >= 0.3 is 0 Å². The molecule has 2 nitrogen and oxygen atoms in total. The summed E-state index contributed by atoms with van der Waals surface area (Å²) in [6.07, 6.45) is 4.83. The van der Waals surface area contributed by atoms with Crippen LogP contribution in [-0.4, -0.2) is 10.8 Å². The number of carbonyl (C=O) groups excluding carboxylic acids is 1. The fourth-order valence-electron chi connectivity index (χ4n) is 1.63. The third-order valence-electron chi connectivity index (χ3n) is 2.47. The summed E-state index contributed by atoms with van der Waals surface area (Å²) in [5.74, 6) is 0.194. The number of aryl methyl sites for hydroxylation is 1. The molecule has 16 heavy (non-hydrogen) atoms. The van der Waals surface area contributed by atoms with Crippen LogP contribution in [0.2, 0.25) is 0 Å². The summed E-state index contributed by atoms with van der Waals surface area (Å²) in [5, 5.41) is 1.98. The van der Waals surface area contributed by atoms with Crippen LogP contribution in [0.1, 0.15) is 27.7 Å². The minimum absolute atomic E-state index is 0.194. The molecule has 0 atom stereocenters. The number of rotatable bonds is 4. The van der Waals surface area contributed by atoms with Gasteiger partial charge in [0.15, 0.2) is 5.78 Å². The molecule has 0 fully saturated rings. The van der Waals surface area contributed by atoms with Crippen molar-refractivity contribution in [3.63, 3.8) is 0 Å². The Morgan fingerprint density at radius 3 is 3.00 bits per heavy atom. The molecule has 0 unspecified atom stereocenters. The van der Waals surface area contributed by atoms with Gasteiger partial charge in [0.05, 0.1) is 4.88 Å². The lowest BCUT2D eigenvalue weighted by atomic mass is 10.1. The van der Waals surface area contributed by atoms with Crippen LogP contribution in [0.25, 0.3) is 0 Å². The summed E-state index contributed by atoms with van der Waals surface area (Å²) >= 11 is 1.53. The zero-order valence-corrected chi connectivity index (χ0v) is 9.96. The topological polar surface area (TPSA) is 30.0 Å². The van der Waals surface area contributed by atoms with Crippen LogP contribution in [0.15, 0.2) is 36.0 Å². The van der Waals surface area contributed by atoms with Crippen LogP contribution in [0, 0.1) is 0 Å². The van der Waals surface area contributed by atoms with Crippen LogP contribution in [0.4, 0.5) is 0 Å². The maximum absolute atomic E-state index is 12.0. The molecular weight excluding hydrogens is 218 g/mol. The summed E-state index contributed by atoms with van der Waals surface area (Å²) < 4.78 is 0. The van der Waals surface area contributed by atoms with E-state index < -0.39 is 0 Å². The second-order valence-electron chi connectivity index (χ2n) is 3.59. The van der Waals surface area contributed by atoms with E-state index in [0.29, 0.717) is 6.42 Å². The monoisotopic (exact) mass is 231 g/mol. The van der Waals surface area contributed by atoms with Gasteiger partial charge in [-0.2, -0.15) is 0 Å². The van der Waals surface area contributed by atoms with Crippen LogP contribution in [0.3, 0.4) is 0 Å². The lowest BCUT2D eigenvalue weighted by Gasteiger charge is -2.01. The van der Waals surface area contributed by atoms with Gasteiger partial charge in [0.25, 0.3) is 0 Å². The maximum atomic E-state index is 12.0. The van der Waals surface area contributed by atoms with Gasteiger partial charge in [-0.1, -0.05) is 13.0 Å². The molecule has 0 aliphatic carbocycles. The second-order valence-corrected chi connectivity index (χ2v) is 4.51. The minimum atomic E-state index is 0.194. The van der Waals surface area contributed by atoms with Gasteiger partial charge in [-0.3, -0.25) is 9.78 Å². The van der Waals surface area contributed by atoms with Crippen molar-refractivity contribution in [3.05, 3.63) is 52.0 Å². The van der Waals surface area contributed by atoms with Crippen molar-refractivity contribution in [3.8, 4) is 0 Å². The highest BCUT2D eigenvalue weighted by Crippen LogP contribution is 2.19. The molecule has 0 aromatic carbocycles. The number of carbonyl (C=O) groups is 1. The second kappa shape index (κ2) is 5.03. The highest BCUT2D eigenvalue weighted by Gasteiger charge is 2.12. The average molecular weight is 231 g/mol. The molecule has 0 spiro atoms. The van der Waals surface area contributed by atoms with Crippen molar-refractivity contribution in [2.75, 3.05) is 0 Å². The number of nitrogens with zero attached hydrogens (tertiary/aromatic N) is 1. The summed E-state index contributed by atoms with van der Waals surface area (Å²) in [6.45, 7) is 2.07. The van der Waals surface area contributed by atoms with Crippen LogP contribution < -0.4 is 0 Å². The Labute approximate surface area is 99.0 Å². The number of hydrogen-bond acceptors (Lipinski definition) is 3. The van der Waals surface area contributed by atoms with Gasteiger partial charge in [-0.25, -0.2) is 0 Å². The van der Waals surface area contributed by atoms with E-state index in [2.05, 4.69) is 11.9 Å². The first kappa shape index (κ1) is 11.0. The number of Topliss-reactive ketones (excluding diaryl/α,β-unsaturated/α-hetero) is 1. The van der Waals surface area contributed by atoms with E-state index in [9.17, 15) is 4.79 Å². The molecule has 0 saturated heterocycles. The molecule has 0 saturated carbocycles. The molecule has 82 valence electrons. The zero-order valence-electron chi connectivity index (χ0n) is 9.14. The van der Waals surface area contributed by atoms with Crippen molar-refractivity contribution in [2.24, 2.45) is 0 Å². The van der Waals surface area contributed by atoms with E-state index >= 15 is 0 Å². The standard InChI is InChI=1S/C13H13NOS/c1-2-11-5-7-16-13(11)12(15)8-10-4-3-6-14-9-10/h3-7,9H,2,8H2,1H3. The van der Waals surface area contributed by atoms with Gasteiger partial charge in [-0.15, -0.1) is 11.3 Å². The van der Waals surface area contributed by atoms with Gasteiger partial charge in [-0.05, 0) is 35.1 Å². The highest BCUT2D eigenvalue weighted by molar-refractivity contribution is 7.12. The minimum Gasteiger partial charge on any atom is -0.293 e. The van der Waals surface area contributed by atoms with E-state index in [-0.39, 0.29) is 5.78 Å². The highest BCUT2D eigenvalue weighted by atomic mass is 32.1. The molecule has 0 aliphatic heterocycles. The van der Waals surface area contributed by atoms with E-state index in [1.54, 1.807) is 12.4 Å². The number of ketones is 1. The molecule has 0 amide bonds. The molecule has 2 aromatic rings. The molecule has 3 heteroatoms. The number of aromatic nitrogens is 1. The average Bonchev–Trinajstić information content (AvgIpc) is 2.78. The SMILES string of the molecule is CCc1ccsc1C(=O)Cc1cccnc1. The summed E-state index contributed by atoms with van der Waals surface area (Å²) in [6, 6.07) is 5.82. The smallest absolute Gasteiger partial charge is 0.177 e. The van der Waals surface area contributed by atoms with E-state index in [4.69, 9.17) is 0 Å². The summed E-state index contributed by atoms with van der Waals surface area (Å²) in [4.78, 5) is 16.9. The third kappa shape index (κ3) is 2.36. The normalized spacial score (nSPS) is 10.3. The summed E-state index contributed by atoms with van der Waals surface area (Å²) in [7, 11) is 0. The zero-order chi connectivity index (χ0) is 11.4. The van der Waals surface area contributed by atoms with E-state index in [0.717, 1.165) is 22.4 Å². The Hall–Kier alpha value is -1.48. The van der Waals surface area contributed by atoms with Crippen molar-refractivity contribution in [1.82, 2.24) is 4.98 Å². The quantitative estimate of drug-likeness (QED) is 0.757. The maximum Gasteiger partial charge on any atom is 0.177 e. The fraction of sp³-hybridized carbons (Fsp3) is 0.231. The van der Waals surface area contributed by atoms with Gasteiger partial charge in [0, 0.05) is 18.8 Å². The van der Waals surface area contributed by atoms with Crippen molar-refractivity contribution < 1.29 is 4.79 Å². The van der Waals surface area contributed by atoms with Gasteiger partial charge < -0.3 is 0 Å². The lowest BCUT2D eigenvalue weighted by molar-refractivity contribution is 0.0996. The predicted molar refractivity (Wildman–Crippen MR) is 66.0 cm³/mol. The number of hydrogen-bond donors (Lipinski definition) is 0. The number of thiophene rings is 1. The van der Waals surface area contributed by atoms with Crippen LogP contribution in [0.5, 0.6) is 0 Å². The molecule has 2 heterocycles. The molecule has 0 bridgehead atoms. The Kier molecular flexibility index (Phi) is 3.47. The lowest BCUT2D eigenvalue weighted by Crippen LogP contribution is -2.03. The van der Waals surface area contributed by atoms with E-state index in [1.807, 2.05) is 23.6 Å². The Morgan fingerprint density at radius 2 is 2.31 bits per heavy atom. The molecule has 2 rings (SSSR count). The predicted octanol–water partition coefficient (Wildman–Crippen LogP) is 3.13. The first-order valence-corrected chi connectivity index (χ1v) is 6.17. The largest absolute Gasteiger partial charge is 0.293 e. The first-order valence-electron chi connectivity index (χ1n) is 5.29. The van der Waals surface area contributed by atoms with Crippen molar-refractivity contribution >= 4 is 17.1 Å². The van der Waals surface area contributed by atoms with Crippen molar-refractivity contribution in [2.45, 2.75) is 19.8 Å². The van der Waals surface area contributed by atoms with Gasteiger partial charge in [0.2, 0.25) is 0 Å². The molecule has 0 aliphatic rings.